The van der Waals surface area contributed by atoms with E-state index in [1.165, 1.54) is 23.5 Å². The van der Waals surface area contributed by atoms with Gasteiger partial charge in [0.25, 0.3) is 0 Å². The maximum atomic E-state index is 12.5. The highest BCUT2D eigenvalue weighted by molar-refractivity contribution is 8.01. The molecular formula is C15H19ClN2O4S3. The van der Waals surface area contributed by atoms with Gasteiger partial charge >= 0.3 is 5.97 Å². The number of halogens is 1. The van der Waals surface area contributed by atoms with Gasteiger partial charge in [0.2, 0.25) is 10.0 Å². The topological polar surface area (TPSA) is 96.4 Å². The molecule has 2 aromatic rings. The number of carboxylic acid groups (broad SMARTS) is 1. The van der Waals surface area contributed by atoms with Gasteiger partial charge in [0.15, 0.2) is 4.34 Å². The van der Waals surface area contributed by atoms with Crippen molar-refractivity contribution in [1.29, 1.82) is 0 Å². The number of hydrogen-bond donors (Lipinski definition) is 2. The monoisotopic (exact) mass is 422 g/mol. The average Bonchev–Trinajstić information content (AvgIpc) is 2.94. The summed E-state index contributed by atoms with van der Waals surface area (Å²) < 4.78 is 28.9. The van der Waals surface area contributed by atoms with E-state index in [1.54, 1.807) is 31.7 Å². The quantitative estimate of drug-likeness (QED) is 0.365. The lowest BCUT2D eigenvalue weighted by Crippen LogP contribution is -2.44. The summed E-state index contributed by atoms with van der Waals surface area (Å²) in [6.45, 7) is 3.30. The number of aliphatic carboxylic acids is 1. The van der Waals surface area contributed by atoms with E-state index in [0.717, 1.165) is 26.7 Å². The van der Waals surface area contributed by atoms with Gasteiger partial charge in [-0.2, -0.15) is 4.72 Å². The molecule has 10 heteroatoms. The van der Waals surface area contributed by atoms with Crippen LogP contribution in [0.25, 0.3) is 10.2 Å². The molecule has 2 rings (SSSR count). The van der Waals surface area contributed by atoms with Gasteiger partial charge in [0.1, 0.15) is 6.04 Å². The Balaban J connectivity index is 2.26. The van der Waals surface area contributed by atoms with Crippen LogP contribution in [-0.4, -0.2) is 42.2 Å². The Labute approximate surface area is 160 Å². The number of thiazole rings is 1. The first kappa shape index (κ1) is 20.4. The molecule has 0 aliphatic heterocycles. The van der Waals surface area contributed by atoms with Crippen LogP contribution in [0.4, 0.5) is 0 Å². The number of benzene rings is 1. The van der Waals surface area contributed by atoms with Crippen molar-refractivity contribution < 1.29 is 18.3 Å². The van der Waals surface area contributed by atoms with Gasteiger partial charge in [-0.15, -0.1) is 22.9 Å². The van der Waals surface area contributed by atoms with E-state index in [-0.39, 0.29) is 10.8 Å². The summed E-state index contributed by atoms with van der Waals surface area (Å²) in [5.41, 5.74) is 0.718. The summed E-state index contributed by atoms with van der Waals surface area (Å²) in [5.74, 6) is -0.128. The minimum atomic E-state index is -3.93. The molecular weight excluding hydrogens is 404 g/mol. The fourth-order valence-electron chi connectivity index (χ4n) is 2.03. The molecule has 25 heavy (non-hydrogen) atoms. The van der Waals surface area contributed by atoms with Gasteiger partial charge in [-0.05, 0) is 30.5 Å². The average molecular weight is 423 g/mol. The molecule has 1 aromatic carbocycles. The third kappa shape index (κ3) is 5.30. The van der Waals surface area contributed by atoms with Crippen LogP contribution in [0.1, 0.15) is 20.3 Å². The molecule has 0 aliphatic carbocycles. The summed E-state index contributed by atoms with van der Waals surface area (Å²) in [7, 11) is -3.93. The highest BCUT2D eigenvalue weighted by Gasteiger charge is 2.28. The number of carbonyl (C=O) groups is 1. The van der Waals surface area contributed by atoms with E-state index in [2.05, 4.69) is 9.71 Å². The normalized spacial score (nSPS) is 13.4. The number of rotatable bonds is 9. The van der Waals surface area contributed by atoms with Crippen LogP contribution < -0.4 is 4.72 Å². The van der Waals surface area contributed by atoms with Crippen molar-refractivity contribution in [2.45, 2.75) is 35.5 Å². The standard InChI is InChI=1S/C15H19ClN2O4S3/c1-9(2)13(14(19)20)18-25(21,22)10-4-5-11-12(8-10)24-15(17-11)23-7-3-6-16/h4-5,8-9,13,18H,3,6-7H2,1-2H3,(H,19,20)/t13-/m1/s1. The number of thioether (sulfide) groups is 1. The molecule has 0 bridgehead atoms. The Hall–Kier alpha value is -0.870. The van der Waals surface area contributed by atoms with Crippen molar-refractivity contribution in [1.82, 2.24) is 9.71 Å². The lowest BCUT2D eigenvalue weighted by atomic mass is 10.1. The number of nitrogens with zero attached hydrogens (tertiary/aromatic N) is 1. The first-order valence-corrected chi connectivity index (χ1v) is 11.4. The third-order valence-electron chi connectivity index (χ3n) is 3.37. The summed E-state index contributed by atoms with van der Waals surface area (Å²) in [6.07, 6.45) is 0.872. The van der Waals surface area contributed by atoms with Crippen molar-refractivity contribution in [3.8, 4) is 0 Å². The maximum Gasteiger partial charge on any atom is 0.322 e. The Morgan fingerprint density at radius 3 is 2.76 bits per heavy atom. The second kappa shape index (κ2) is 8.68. The number of fused-ring (bicyclic) bond motifs is 1. The van der Waals surface area contributed by atoms with Crippen molar-refractivity contribution in [3.63, 3.8) is 0 Å². The summed E-state index contributed by atoms with van der Waals surface area (Å²) in [5, 5.41) is 9.18. The van der Waals surface area contributed by atoms with E-state index in [1.807, 2.05) is 0 Å². The van der Waals surface area contributed by atoms with Gasteiger partial charge in [-0.1, -0.05) is 25.6 Å². The number of aromatic nitrogens is 1. The lowest BCUT2D eigenvalue weighted by molar-refractivity contribution is -0.140. The van der Waals surface area contributed by atoms with E-state index in [9.17, 15) is 18.3 Å². The number of carboxylic acids is 1. The van der Waals surface area contributed by atoms with Crippen LogP contribution in [0, 0.1) is 5.92 Å². The Morgan fingerprint density at radius 2 is 2.16 bits per heavy atom. The van der Waals surface area contributed by atoms with E-state index < -0.39 is 22.0 Å². The van der Waals surface area contributed by atoms with Crippen LogP contribution in [-0.2, 0) is 14.8 Å². The molecule has 1 atom stereocenters. The fraction of sp³-hybridized carbons (Fsp3) is 0.467. The van der Waals surface area contributed by atoms with E-state index in [0.29, 0.717) is 5.88 Å². The molecule has 0 aliphatic rings. The van der Waals surface area contributed by atoms with Crippen molar-refractivity contribution >= 4 is 60.9 Å². The zero-order valence-corrected chi connectivity index (χ0v) is 16.9. The van der Waals surface area contributed by atoms with E-state index >= 15 is 0 Å². The Kier molecular flexibility index (Phi) is 7.10. The first-order chi connectivity index (χ1) is 11.7. The van der Waals surface area contributed by atoms with Gasteiger partial charge in [0, 0.05) is 11.6 Å². The highest BCUT2D eigenvalue weighted by Crippen LogP contribution is 2.31. The predicted octanol–water partition coefficient (Wildman–Crippen LogP) is 3.40. The molecule has 0 saturated heterocycles. The molecule has 0 spiro atoms. The Bertz CT molecular complexity index is 852. The summed E-state index contributed by atoms with van der Waals surface area (Å²) >= 11 is 8.65. The number of alkyl halides is 1. The lowest BCUT2D eigenvalue weighted by Gasteiger charge is -2.17. The van der Waals surface area contributed by atoms with Crippen molar-refractivity contribution in [3.05, 3.63) is 18.2 Å². The minimum absolute atomic E-state index is 0.0351. The highest BCUT2D eigenvalue weighted by atomic mass is 35.5. The van der Waals surface area contributed by atoms with Crippen LogP contribution in [0.2, 0.25) is 0 Å². The number of nitrogens with one attached hydrogen (secondary N) is 1. The smallest absolute Gasteiger partial charge is 0.322 e. The largest absolute Gasteiger partial charge is 0.480 e. The first-order valence-electron chi connectivity index (χ1n) is 7.59. The van der Waals surface area contributed by atoms with Gasteiger partial charge < -0.3 is 5.11 Å². The molecule has 138 valence electrons. The predicted molar refractivity (Wildman–Crippen MR) is 102 cm³/mol. The zero-order chi connectivity index (χ0) is 18.6. The van der Waals surface area contributed by atoms with Crippen LogP contribution in [0.5, 0.6) is 0 Å². The van der Waals surface area contributed by atoms with Gasteiger partial charge in [-0.3, -0.25) is 4.79 Å². The third-order valence-corrected chi connectivity index (χ3v) is 7.32. The molecule has 0 radical (unpaired) electrons. The van der Waals surface area contributed by atoms with E-state index in [4.69, 9.17) is 11.6 Å². The second-order valence-electron chi connectivity index (χ2n) is 5.68. The SMILES string of the molecule is CC(C)[C@@H](NS(=O)(=O)c1ccc2nc(SCCCCl)sc2c1)C(=O)O. The second-order valence-corrected chi connectivity index (χ2v) is 10.1. The molecule has 0 unspecified atom stereocenters. The van der Waals surface area contributed by atoms with Gasteiger partial charge in [0.05, 0.1) is 15.1 Å². The molecule has 0 fully saturated rings. The molecule has 1 aromatic heterocycles. The number of hydrogen-bond acceptors (Lipinski definition) is 6. The Morgan fingerprint density at radius 1 is 1.44 bits per heavy atom. The number of sulfonamides is 1. The maximum absolute atomic E-state index is 12.5. The minimum Gasteiger partial charge on any atom is -0.480 e. The van der Waals surface area contributed by atoms with Crippen molar-refractivity contribution in [2.24, 2.45) is 5.92 Å². The van der Waals surface area contributed by atoms with Crippen LogP contribution in [0.3, 0.4) is 0 Å². The fourth-order valence-corrected chi connectivity index (χ4v) is 5.88. The molecule has 0 amide bonds. The van der Waals surface area contributed by atoms with Gasteiger partial charge in [-0.25, -0.2) is 13.4 Å². The van der Waals surface area contributed by atoms with Crippen LogP contribution >= 0.6 is 34.7 Å². The molecule has 2 N–H and O–H groups in total. The van der Waals surface area contributed by atoms with Crippen molar-refractivity contribution in [2.75, 3.05) is 11.6 Å². The molecule has 1 heterocycles. The summed E-state index contributed by atoms with van der Waals surface area (Å²) in [4.78, 5) is 15.7. The summed E-state index contributed by atoms with van der Waals surface area (Å²) in [6, 6.07) is 3.43. The molecule has 6 nitrogen and oxygen atoms in total. The van der Waals surface area contributed by atoms with Crippen LogP contribution in [0.15, 0.2) is 27.4 Å². The zero-order valence-electron chi connectivity index (χ0n) is 13.7. The molecule has 0 saturated carbocycles.